The van der Waals surface area contributed by atoms with Gasteiger partial charge in [0.05, 0.1) is 18.0 Å². The van der Waals surface area contributed by atoms with Gasteiger partial charge >= 0.3 is 0 Å². The first-order valence-corrected chi connectivity index (χ1v) is 10.4. The molecule has 0 unspecified atom stereocenters. The summed E-state index contributed by atoms with van der Waals surface area (Å²) >= 11 is 0. The van der Waals surface area contributed by atoms with Gasteiger partial charge < -0.3 is 21.1 Å². The number of aromatic nitrogens is 3. The monoisotopic (exact) mass is 382 g/mol. The minimum atomic E-state index is -0.154. The van der Waals surface area contributed by atoms with E-state index in [9.17, 15) is 5.11 Å². The van der Waals surface area contributed by atoms with Crippen LogP contribution in [0, 0.1) is 6.92 Å². The predicted molar refractivity (Wildman–Crippen MR) is 111 cm³/mol. The van der Waals surface area contributed by atoms with Crippen LogP contribution in [0.25, 0.3) is 0 Å². The standard InChI is InChI=1S/C21H30N6O/c1-14-10-17(12-23-11-14)26-21-24-13-19(15-6-8-22-9-7-15)20(27-21)25-16-2-4-18(28)5-3-16/h10-13,15-16,18,22,28H,2-9H2,1H3,(H2,24,25,26,27). The molecule has 4 rings (SSSR count). The molecular weight excluding hydrogens is 352 g/mol. The van der Waals surface area contributed by atoms with Crippen LogP contribution in [0.1, 0.15) is 55.6 Å². The summed E-state index contributed by atoms with van der Waals surface area (Å²) in [6, 6.07) is 2.39. The highest BCUT2D eigenvalue weighted by Gasteiger charge is 2.24. The molecule has 0 radical (unpaired) electrons. The van der Waals surface area contributed by atoms with Crippen molar-refractivity contribution in [3.8, 4) is 0 Å². The molecule has 2 aliphatic rings. The third kappa shape index (κ3) is 4.77. The Balaban J connectivity index is 1.56. The zero-order chi connectivity index (χ0) is 19.3. The maximum Gasteiger partial charge on any atom is 0.229 e. The third-order valence-corrected chi connectivity index (χ3v) is 5.76. The van der Waals surface area contributed by atoms with E-state index >= 15 is 0 Å². The molecule has 2 aromatic heterocycles. The number of hydrogen-bond acceptors (Lipinski definition) is 7. The van der Waals surface area contributed by atoms with Crippen molar-refractivity contribution in [1.29, 1.82) is 0 Å². The Morgan fingerprint density at radius 2 is 1.82 bits per heavy atom. The number of nitrogens with one attached hydrogen (secondary N) is 3. The summed E-state index contributed by atoms with van der Waals surface area (Å²) in [5.41, 5.74) is 3.19. The van der Waals surface area contributed by atoms with Gasteiger partial charge in [0.1, 0.15) is 5.82 Å². The molecule has 7 heteroatoms. The van der Waals surface area contributed by atoms with E-state index in [0.717, 1.165) is 68.7 Å². The number of piperidine rings is 1. The van der Waals surface area contributed by atoms with Crippen molar-refractivity contribution in [2.75, 3.05) is 23.7 Å². The molecule has 0 atom stereocenters. The molecule has 1 saturated heterocycles. The number of rotatable bonds is 5. The van der Waals surface area contributed by atoms with E-state index in [2.05, 4.69) is 25.9 Å². The molecule has 150 valence electrons. The Morgan fingerprint density at radius 1 is 1.04 bits per heavy atom. The second kappa shape index (κ2) is 8.84. The van der Waals surface area contributed by atoms with Crippen LogP contribution in [0.3, 0.4) is 0 Å². The first kappa shape index (κ1) is 19.1. The smallest absolute Gasteiger partial charge is 0.229 e. The first-order valence-electron chi connectivity index (χ1n) is 10.4. The molecule has 1 aliphatic heterocycles. The normalized spacial score (nSPS) is 23.4. The molecule has 1 aliphatic carbocycles. The minimum Gasteiger partial charge on any atom is -0.393 e. The second-order valence-electron chi connectivity index (χ2n) is 8.05. The van der Waals surface area contributed by atoms with Gasteiger partial charge in [-0.15, -0.1) is 0 Å². The van der Waals surface area contributed by atoms with Crippen molar-refractivity contribution in [1.82, 2.24) is 20.3 Å². The third-order valence-electron chi connectivity index (χ3n) is 5.76. The van der Waals surface area contributed by atoms with Gasteiger partial charge in [0.2, 0.25) is 5.95 Å². The Hall–Kier alpha value is -2.25. The minimum absolute atomic E-state index is 0.154. The highest BCUT2D eigenvalue weighted by atomic mass is 16.3. The fourth-order valence-electron chi connectivity index (χ4n) is 4.16. The van der Waals surface area contributed by atoms with Gasteiger partial charge in [0.25, 0.3) is 0 Å². The number of hydrogen-bond donors (Lipinski definition) is 4. The summed E-state index contributed by atoms with van der Waals surface area (Å²) in [6.07, 6.45) is 11.3. The van der Waals surface area contributed by atoms with E-state index in [-0.39, 0.29) is 6.10 Å². The lowest BCUT2D eigenvalue weighted by Gasteiger charge is -2.29. The lowest BCUT2D eigenvalue weighted by atomic mass is 9.90. The van der Waals surface area contributed by atoms with Gasteiger partial charge in [-0.2, -0.15) is 4.98 Å². The van der Waals surface area contributed by atoms with Gasteiger partial charge in [-0.3, -0.25) is 4.98 Å². The first-order chi connectivity index (χ1) is 13.7. The van der Waals surface area contributed by atoms with Crippen LogP contribution < -0.4 is 16.0 Å². The van der Waals surface area contributed by atoms with Crippen molar-refractivity contribution >= 4 is 17.5 Å². The van der Waals surface area contributed by atoms with Crippen molar-refractivity contribution in [2.24, 2.45) is 0 Å². The highest BCUT2D eigenvalue weighted by molar-refractivity contribution is 5.56. The van der Waals surface area contributed by atoms with Crippen LogP contribution in [0.5, 0.6) is 0 Å². The number of nitrogens with zero attached hydrogens (tertiary/aromatic N) is 3. The Bertz CT molecular complexity index is 784. The maximum atomic E-state index is 9.81. The molecule has 0 bridgehead atoms. The number of aliphatic hydroxyl groups is 1. The van der Waals surface area contributed by atoms with E-state index in [4.69, 9.17) is 4.98 Å². The number of aryl methyl sites for hydroxylation is 1. The van der Waals surface area contributed by atoms with E-state index in [1.165, 1.54) is 5.56 Å². The van der Waals surface area contributed by atoms with E-state index in [1.54, 1.807) is 6.20 Å². The molecule has 2 aromatic rings. The van der Waals surface area contributed by atoms with E-state index in [1.807, 2.05) is 25.4 Å². The average molecular weight is 383 g/mol. The highest BCUT2D eigenvalue weighted by Crippen LogP contribution is 2.32. The summed E-state index contributed by atoms with van der Waals surface area (Å²) in [6.45, 7) is 4.09. The van der Waals surface area contributed by atoms with Crippen molar-refractivity contribution in [3.63, 3.8) is 0 Å². The fraction of sp³-hybridized carbons (Fsp3) is 0.571. The summed E-state index contributed by atoms with van der Waals surface area (Å²) in [7, 11) is 0. The van der Waals surface area contributed by atoms with Gasteiger partial charge in [0, 0.05) is 24.0 Å². The van der Waals surface area contributed by atoms with E-state index in [0.29, 0.717) is 17.9 Å². The lowest BCUT2D eigenvalue weighted by Crippen LogP contribution is -2.30. The Kier molecular flexibility index (Phi) is 6.02. The van der Waals surface area contributed by atoms with Gasteiger partial charge in [0.15, 0.2) is 0 Å². The average Bonchev–Trinajstić information content (AvgIpc) is 2.71. The fourth-order valence-corrected chi connectivity index (χ4v) is 4.16. The zero-order valence-corrected chi connectivity index (χ0v) is 16.5. The van der Waals surface area contributed by atoms with Gasteiger partial charge in [-0.25, -0.2) is 4.98 Å². The molecule has 1 saturated carbocycles. The van der Waals surface area contributed by atoms with Crippen molar-refractivity contribution < 1.29 is 5.11 Å². The Morgan fingerprint density at radius 3 is 2.57 bits per heavy atom. The number of aliphatic hydroxyl groups excluding tert-OH is 1. The molecule has 0 amide bonds. The molecular formula is C21H30N6O. The summed E-state index contributed by atoms with van der Waals surface area (Å²) < 4.78 is 0. The summed E-state index contributed by atoms with van der Waals surface area (Å²) in [5.74, 6) is 2.00. The maximum absolute atomic E-state index is 9.81. The van der Waals surface area contributed by atoms with Crippen molar-refractivity contribution in [2.45, 2.75) is 63.5 Å². The predicted octanol–water partition coefficient (Wildman–Crippen LogP) is 3.11. The summed E-state index contributed by atoms with van der Waals surface area (Å²) in [4.78, 5) is 13.7. The quantitative estimate of drug-likeness (QED) is 0.631. The molecule has 3 heterocycles. The van der Waals surface area contributed by atoms with Crippen LogP contribution in [0.15, 0.2) is 24.7 Å². The van der Waals surface area contributed by atoms with Crippen LogP contribution in [0.2, 0.25) is 0 Å². The molecule has 0 spiro atoms. The van der Waals surface area contributed by atoms with Crippen molar-refractivity contribution in [3.05, 3.63) is 35.8 Å². The molecule has 28 heavy (non-hydrogen) atoms. The Labute approximate surface area is 166 Å². The van der Waals surface area contributed by atoms with E-state index < -0.39 is 0 Å². The molecule has 0 aromatic carbocycles. The van der Waals surface area contributed by atoms with Crippen LogP contribution in [-0.4, -0.2) is 45.3 Å². The second-order valence-corrected chi connectivity index (χ2v) is 8.05. The summed E-state index contributed by atoms with van der Waals surface area (Å²) in [5, 5.41) is 20.2. The van der Waals surface area contributed by atoms with Gasteiger partial charge in [-0.05, 0) is 76.1 Å². The SMILES string of the molecule is Cc1cncc(Nc2ncc(C3CCNCC3)c(NC3CCC(O)CC3)n2)c1. The van der Waals surface area contributed by atoms with Crippen LogP contribution in [0.4, 0.5) is 17.5 Å². The topological polar surface area (TPSA) is 95.0 Å². The molecule has 7 nitrogen and oxygen atoms in total. The zero-order valence-electron chi connectivity index (χ0n) is 16.5. The molecule has 2 fully saturated rings. The largest absolute Gasteiger partial charge is 0.393 e. The molecule has 4 N–H and O–H groups in total. The van der Waals surface area contributed by atoms with Crippen LogP contribution >= 0.6 is 0 Å². The van der Waals surface area contributed by atoms with Gasteiger partial charge in [-0.1, -0.05) is 0 Å². The number of anilines is 3. The van der Waals surface area contributed by atoms with Crippen LogP contribution in [-0.2, 0) is 0 Å². The number of pyridine rings is 1. The lowest BCUT2D eigenvalue weighted by molar-refractivity contribution is 0.126.